The number of rotatable bonds is 11. The van der Waals surface area contributed by atoms with Gasteiger partial charge in [0.15, 0.2) is 0 Å². The summed E-state index contributed by atoms with van der Waals surface area (Å²) in [4.78, 5) is 11.1. The highest BCUT2D eigenvalue weighted by atomic mass is 16.6. The van der Waals surface area contributed by atoms with Gasteiger partial charge in [0.2, 0.25) is 0 Å². The number of methoxy groups -OCH3 is 1. The standard InChI is InChI=1S/C17H28N2O4/c1-21-11-5-10-19-14-16(15-6-3-2-4-7-15)22-12-13-23-17(20)8-9-18/h19H,2-8,10-14H2,1H3. The molecule has 0 atom stereocenters. The molecule has 1 saturated carbocycles. The summed E-state index contributed by atoms with van der Waals surface area (Å²) in [5.74, 6) is 0.485. The lowest BCUT2D eigenvalue weighted by Crippen LogP contribution is -2.23. The molecule has 0 aliphatic heterocycles. The molecule has 1 N–H and O–H groups in total. The molecule has 0 saturated heterocycles. The molecule has 6 heteroatoms. The second-order valence-electron chi connectivity index (χ2n) is 5.51. The van der Waals surface area contributed by atoms with Gasteiger partial charge in [-0.05, 0) is 44.2 Å². The number of nitrogens with one attached hydrogen (secondary N) is 1. The molecule has 0 aromatic carbocycles. The van der Waals surface area contributed by atoms with E-state index in [0.717, 1.165) is 38.2 Å². The van der Waals surface area contributed by atoms with Crippen LogP contribution >= 0.6 is 0 Å². The predicted octanol–water partition coefficient (Wildman–Crippen LogP) is 2.30. The van der Waals surface area contributed by atoms with Gasteiger partial charge in [-0.1, -0.05) is 6.42 Å². The van der Waals surface area contributed by atoms with E-state index in [-0.39, 0.29) is 13.0 Å². The van der Waals surface area contributed by atoms with Crippen LogP contribution in [-0.2, 0) is 19.0 Å². The molecule has 130 valence electrons. The van der Waals surface area contributed by atoms with Crippen LogP contribution in [0.25, 0.3) is 0 Å². The minimum Gasteiger partial charge on any atom is -0.493 e. The SMILES string of the molecule is COCCCNCC(OCCOC(=O)CC#N)=C1CCCCC1. The van der Waals surface area contributed by atoms with Crippen molar-refractivity contribution in [1.29, 1.82) is 5.26 Å². The van der Waals surface area contributed by atoms with E-state index in [0.29, 0.717) is 13.2 Å². The van der Waals surface area contributed by atoms with Crippen molar-refractivity contribution < 1.29 is 19.0 Å². The molecule has 23 heavy (non-hydrogen) atoms. The number of hydrogen-bond donors (Lipinski definition) is 1. The summed E-state index contributed by atoms with van der Waals surface area (Å²) in [6.45, 7) is 2.83. The third-order valence-electron chi connectivity index (χ3n) is 3.69. The van der Waals surface area contributed by atoms with E-state index in [1.807, 2.05) is 0 Å². The van der Waals surface area contributed by atoms with E-state index < -0.39 is 5.97 Å². The van der Waals surface area contributed by atoms with Gasteiger partial charge in [0.25, 0.3) is 0 Å². The molecule has 0 heterocycles. The van der Waals surface area contributed by atoms with Gasteiger partial charge in [0, 0.05) is 13.7 Å². The molecule has 0 bridgehead atoms. The Morgan fingerprint density at radius 2 is 1.91 bits per heavy atom. The van der Waals surface area contributed by atoms with Crippen molar-refractivity contribution in [3.8, 4) is 6.07 Å². The minimum absolute atomic E-state index is 0.182. The van der Waals surface area contributed by atoms with Crippen molar-refractivity contribution in [2.24, 2.45) is 0 Å². The summed E-state index contributed by atoms with van der Waals surface area (Å²) in [5, 5.41) is 11.8. The van der Waals surface area contributed by atoms with Crippen molar-refractivity contribution in [3.63, 3.8) is 0 Å². The first kappa shape index (κ1) is 19.5. The van der Waals surface area contributed by atoms with Gasteiger partial charge in [-0.2, -0.15) is 5.26 Å². The van der Waals surface area contributed by atoms with Crippen molar-refractivity contribution in [2.75, 3.05) is 40.0 Å². The van der Waals surface area contributed by atoms with Gasteiger partial charge in [-0.3, -0.25) is 4.79 Å². The first-order valence-electron chi connectivity index (χ1n) is 8.34. The summed E-state index contributed by atoms with van der Waals surface area (Å²) < 4.78 is 15.8. The van der Waals surface area contributed by atoms with Crippen LogP contribution in [0, 0.1) is 11.3 Å². The van der Waals surface area contributed by atoms with Gasteiger partial charge >= 0.3 is 5.97 Å². The summed E-state index contributed by atoms with van der Waals surface area (Å²) in [6.07, 6.45) is 6.63. The molecule has 0 aromatic heterocycles. The van der Waals surface area contributed by atoms with Crippen LogP contribution in [0.15, 0.2) is 11.3 Å². The Bertz CT molecular complexity index is 407. The highest BCUT2D eigenvalue weighted by molar-refractivity contribution is 5.71. The maximum Gasteiger partial charge on any atom is 0.320 e. The number of hydrogen-bond acceptors (Lipinski definition) is 6. The van der Waals surface area contributed by atoms with Crippen LogP contribution < -0.4 is 5.32 Å². The molecule has 1 fully saturated rings. The summed E-state index contributed by atoms with van der Waals surface area (Å²) >= 11 is 0. The number of allylic oxidation sites excluding steroid dienone is 1. The third kappa shape index (κ3) is 9.22. The maximum atomic E-state index is 11.1. The number of nitriles is 1. The predicted molar refractivity (Wildman–Crippen MR) is 86.6 cm³/mol. The maximum absolute atomic E-state index is 11.1. The molecule has 1 aliphatic carbocycles. The van der Waals surface area contributed by atoms with Crippen LogP contribution in [0.5, 0.6) is 0 Å². The largest absolute Gasteiger partial charge is 0.493 e. The summed E-state index contributed by atoms with van der Waals surface area (Å²) in [7, 11) is 1.70. The van der Waals surface area contributed by atoms with E-state index in [9.17, 15) is 4.79 Å². The molecule has 0 amide bonds. The first-order chi connectivity index (χ1) is 11.3. The fraction of sp³-hybridized carbons (Fsp3) is 0.765. The van der Waals surface area contributed by atoms with Gasteiger partial charge in [0.05, 0.1) is 12.6 Å². The molecular formula is C17H28N2O4. The van der Waals surface area contributed by atoms with Crippen molar-refractivity contribution >= 4 is 5.97 Å². The van der Waals surface area contributed by atoms with E-state index in [1.54, 1.807) is 13.2 Å². The van der Waals surface area contributed by atoms with Crippen LogP contribution in [0.3, 0.4) is 0 Å². The number of nitrogens with zero attached hydrogens (tertiary/aromatic N) is 1. The summed E-state index contributed by atoms with van der Waals surface area (Å²) in [6, 6.07) is 1.77. The van der Waals surface area contributed by atoms with Crippen molar-refractivity contribution in [3.05, 3.63) is 11.3 Å². The Labute approximate surface area is 138 Å². The highest BCUT2D eigenvalue weighted by Gasteiger charge is 2.13. The van der Waals surface area contributed by atoms with Crippen molar-refractivity contribution in [2.45, 2.75) is 44.9 Å². The highest BCUT2D eigenvalue weighted by Crippen LogP contribution is 2.26. The smallest absolute Gasteiger partial charge is 0.320 e. The average molecular weight is 324 g/mol. The Kier molecular flexibility index (Phi) is 10.9. The fourth-order valence-electron chi connectivity index (χ4n) is 2.51. The number of carbonyl (C=O) groups excluding carboxylic acids is 1. The minimum atomic E-state index is -0.499. The summed E-state index contributed by atoms with van der Waals surface area (Å²) in [5.41, 5.74) is 1.37. The van der Waals surface area contributed by atoms with Gasteiger partial charge in [0.1, 0.15) is 25.4 Å². The van der Waals surface area contributed by atoms with Crippen LogP contribution in [0.4, 0.5) is 0 Å². The number of ether oxygens (including phenoxy) is 3. The molecule has 1 aliphatic rings. The molecule has 0 aromatic rings. The van der Waals surface area contributed by atoms with Crippen LogP contribution in [0.1, 0.15) is 44.9 Å². The van der Waals surface area contributed by atoms with Crippen LogP contribution in [-0.4, -0.2) is 46.0 Å². The van der Waals surface area contributed by atoms with E-state index >= 15 is 0 Å². The number of carbonyl (C=O) groups is 1. The quantitative estimate of drug-likeness (QED) is 0.357. The van der Waals surface area contributed by atoms with E-state index in [1.165, 1.54) is 24.8 Å². The zero-order chi connectivity index (χ0) is 16.8. The molecule has 0 spiro atoms. The molecular weight excluding hydrogens is 296 g/mol. The first-order valence-corrected chi connectivity index (χ1v) is 8.34. The third-order valence-corrected chi connectivity index (χ3v) is 3.69. The van der Waals surface area contributed by atoms with Crippen molar-refractivity contribution in [1.82, 2.24) is 5.32 Å². The molecule has 0 unspecified atom stereocenters. The lowest BCUT2D eigenvalue weighted by atomic mass is 9.94. The Balaban J connectivity index is 2.36. The fourth-order valence-corrected chi connectivity index (χ4v) is 2.51. The van der Waals surface area contributed by atoms with Crippen LogP contribution in [0.2, 0.25) is 0 Å². The zero-order valence-corrected chi connectivity index (χ0v) is 14.1. The molecule has 1 rings (SSSR count). The van der Waals surface area contributed by atoms with E-state index in [4.69, 9.17) is 19.5 Å². The zero-order valence-electron chi connectivity index (χ0n) is 14.1. The van der Waals surface area contributed by atoms with Gasteiger partial charge < -0.3 is 19.5 Å². The second-order valence-corrected chi connectivity index (χ2v) is 5.51. The Morgan fingerprint density at radius 1 is 1.17 bits per heavy atom. The monoisotopic (exact) mass is 324 g/mol. The van der Waals surface area contributed by atoms with Gasteiger partial charge in [-0.15, -0.1) is 0 Å². The second kappa shape index (κ2) is 12.9. The lowest BCUT2D eigenvalue weighted by molar-refractivity contribution is -0.143. The normalized spacial score (nSPS) is 14.2. The average Bonchev–Trinajstić information content (AvgIpc) is 2.57. The Morgan fingerprint density at radius 3 is 2.61 bits per heavy atom. The topological polar surface area (TPSA) is 80.6 Å². The van der Waals surface area contributed by atoms with E-state index in [2.05, 4.69) is 5.32 Å². The number of esters is 1. The Hall–Kier alpha value is -1.58. The molecule has 0 radical (unpaired) electrons. The lowest BCUT2D eigenvalue weighted by Gasteiger charge is -2.20. The molecule has 6 nitrogen and oxygen atoms in total. The van der Waals surface area contributed by atoms with Gasteiger partial charge in [-0.25, -0.2) is 0 Å².